The first-order valence-corrected chi connectivity index (χ1v) is 14.1. The lowest BCUT2D eigenvalue weighted by Gasteiger charge is -2.36. The van der Waals surface area contributed by atoms with E-state index in [0.29, 0.717) is 17.8 Å². The Hall–Kier alpha value is -2.12. The standard InChI is InChI=1S/C15H22O4.C14H20O4/c1-5-14(2,3)13(17)18-11-8-6-9-10(7-8)15(11,4)19-12(9)16;1-4-14(2,3)13(16)18-10-7-5-8-9(6-7)12(15)17-11(8)10/h8-11H,5-7H2,1-4H3;7-11H,4-6H2,1-3H3. The molecule has 8 heteroatoms. The normalized spacial score (nSPS) is 42.3. The Labute approximate surface area is 219 Å². The largest absolute Gasteiger partial charge is 0.458 e. The van der Waals surface area contributed by atoms with Crippen LogP contribution in [-0.4, -0.2) is 47.8 Å². The minimum absolute atomic E-state index is 0.0455. The second-order valence-corrected chi connectivity index (χ2v) is 13.6. The van der Waals surface area contributed by atoms with Crippen LogP contribution in [0.3, 0.4) is 0 Å². The molecule has 0 radical (unpaired) electrons. The summed E-state index contributed by atoms with van der Waals surface area (Å²) in [6.07, 6.45) is 4.47. The van der Waals surface area contributed by atoms with Crippen LogP contribution in [0.25, 0.3) is 0 Å². The number of esters is 4. The predicted molar refractivity (Wildman–Crippen MR) is 132 cm³/mol. The summed E-state index contributed by atoms with van der Waals surface area (Å²) in [5.74, 6) is 0.770. The molecule has 10 unspecified atom stereocenters. The number of carbonyl (C=O) groups excluding carboxylic acids is 4. The summed E-state index contributed by atoms with van der Waals surface area (Å²) in [6, 6.07) is 0. The molecule has 206 valence electrons. The molecule has 6 fully saturated rings. The summed E-state index contributed by atoms with van der Waals surface area (Å²) < 4.78 is 22.4. The van der Waals surface area contributed by atoms with Gasteiger partial charge in [-0.05, 0) is 73.1 Å². The molecule has 4 aliphatic carbocycles. The fourth-order valence-electron chi connectivity index (χ4n) is 7.45. The van der Waals surface area contributed by atoms with Crippen molar-refractivity contribution < 1.29 is 38.1 Å². The van der Waals surface area contributed by atoms with Crippen molar-refractivity contribution in [1.82, 2.24) is 0 Å². The van der Waals surface area contributed by atoms with E-state index in [9.17, 15) is 19.2 Å². The molecular formula is C29H42O8. The quantitative estimate of drug-likeness (QED) is 0.380. The maximum atomic E-state index is 12.3. The zero-order valence-corrected chi connectivity index (χ0v) is 23.2. The molecular weight excluding hydrogens is 476 g/mol. The third-order valence-corrected chi connectivity index (χ3v) is 10.7. The molecule has 0 N–H and O–H groups in total. The van der Waals surface area contributed by atoms with E-state index in [1.165, 1.54) is 0 Å². The second-order valence-electron chi connectivity index (χ2n) is 13.6. The molecule has 0 spiro atoms. The highest BCUT2D eigenvalue weighted by atomic mass is 16.6. The molecule has 0 aromatic heterocycles. The zero-order chi connectivity index (χ0) is 27.1. The Bertz CT molecular complexity index is 1000. The van der Waals surface area contributed by atoms with Crippen molar-refractivity contribution in [2.75, 3.05) is 0 Å². The SMILES string of the molecule is CCC(C)(C)C(=O)OC1C2CC3C(=O)OC1(C)C3C2.CCC(C)(C)C(=O)OC1C2CC3C(=O)OC1C3C2. The first-order chi connectivity index (χ1) is 17.2. The van der Waals surface area contributed by atoms with Gasteiger partial charge < -0.3 is 18.9 Å². The van der Waals surface area contributed by atoms with Crippen molar-refractivity contribution in [2.45, 2.75) is 111 Å². The van der Waals surface area contributed by atoms with E-state index in [2.05, 4.69) is 0 Å². The third kappa shape index (κ3) is 3.99. The van der Waals surface area contributed by atoms with Gasteiger partial charge in [-0.2, -0.15) is 0 Å². The average Bonchev–Trinajstić information content (AvgIpc) is 3.64. The molecule has 37 heavy (non-hydrogen) atoms. The maximum Gasteiger partial charge on any atom is 0.311 e. The second kappa shape index (κ2) is 8.70. The number of rotatable bonds is 6. The topological polar surface area (TPSA) is 105 Å². The number of ether oxygens (including phenoxy) is 4. The average molecular weight is 519 g/mol. The highest BCUT2D eigenvalue weighted by molar-refractivity contribution is 5.79. The van der Waals surface area contributed by atoms with E-state index in [1.807, 2.05) is 48.5 Å². The van der Waals surface area contributed by atoms with Gasteiger partial charge in [0.15, 0.2) is 0 Å². The molecule has 4 saturated carbocycles. The smallest absolute Gasteiger partial charge is 0.311 e. The van der Waals surface area contributed by atoms with Gasteiger partial charge in [-0.1, -0.05) is 13.8 Å². The van der Waals surface area contributed by atoms with Gasteiger partial charge in [-0.3, -0.25) is 19.2 Å². The molecule has 0 aromatic rings. The lowest BCUT2D eigenvalue weighted by Crippen LogP contribution is -2.47. The Morgan fingerprint density at radius 1 is 0.865 bits per heavy atom. The van der Waals surface area contributed by atoms with E-state index in [0.717, 1.165) is 38.5 Å². The molecule has 2 aliphatic heterocycles. The van der Waals surface area contributed by atoms with E-state index >= 15 is 0 Å². The third-order valence-electron chi connectivity index (χ3n) is 10.7. The molecule has 2 heterocycles. The van der Waals surface area contributed by atoms with Crippen LogP contribution in [0.5, 0.6) is 0 Å². The van der Waals surface area contributed by atoms with Crippen molar-refractivity contribution in [1.29, 1.82) is 0 Å². The van der Waals surface area contributed by atoms with Crippen LogP contribution in [0, 0.1) is 46.3 Å². The summed E-state index contributed by atoms with van der Waals surface area (Å²) in [7, 11) is 0. The van der Waals surface area contributed by atoms with Crippen LogP contribution in [0.1, 0.15) is 87.0 Å². The number of fused-ring (bicyclic) bond motifs is 2. The molecule has 8 nitrogen and oxygen atoms in total. The fourth-order valence-corrected chi connectivity index (χ4v) is 7.45. The van der Waals surface area contributed by atoms with Crippen LogP contribution in [0.2, 0.25) is 0 Å². The van der Waals surface area contributed by atoms with Crippen LogP contribution in [0.4, 0.5) is 0 Å². The lowest BCUT2D eigenvalue weighted by atomic mass is 9.79. The molecule has 4 bridgehead atoms. The van der Waals surface area contributed by atoms with Crippen molar-refractivity contribution in [3.05, 3.63) is 0 Å². The zero-order valence-electron chi connectivity index (χ0n) is 23.2. The van der Waals surface area contributed by atoms with Crippen LogP contribution < -0.4 is 0 Å². The summed E-state index contributed by atoms with van der Waals surface area (Å²) in [5.41, 5.74) is -1.51. The van der Waals surface area contributed by atoms with Gasteiger partial charge in [0.1, 0.15) is 23.9 Å². The highest BCUT2D eigenvalue weighted by Gasteiger charge is 2.70. The molecule has 6 rings (SSSR count). The lowest BCUT2D eigenvalue weighted by molar-refractivity contribution is -0.181. The monoisotopic (exact) mass is 518 g/mol. The van der Waals surface area contributed by atoms with Crippen molar-refractivity contribution >= 4 is 23.9 Å². The van der Waals surface area contributed by atoms with E-state index in [4.69, 9.17) is 18.9 Å². The van der Waals surface area contributed by atoms with Crippen molar-refractivity contribution in [2.24, 2.45) is 46.3 Å². The van der Waals surface area contributed by atoms with E-state index in [-0.39, 0.29) is 59.9 Å². The van der Waals surface area contributed by atoms with Gasteiger partial charge in [-0.15, -0.1) is 0 Å². The number of hydrogen-bond donors (Lipinski definition) is 0. The Morgan fingerprint density at radius 3 is 2.08 bits per heavy atom. The summed E-state index contributed by atoms with van der Waals surface area (Å²) in [5, 5.41) is 0. The van der Waals surface area contributed by atoms with Crippen LogP contribution in [-0.2, 0) is 38.1 Å². The van der Waals surface area contributed by atoms with Crippen molar-refractivity contribution in [3.8, 4) is 0 Å². The maximum absolute atomic E-state index is 12.3. The summed E-state index contributed by atoms with van der Waals surface area (Å²) in [6.45, 7) is 13.5. The first kappa shape index (κ1) is 26.5. The van der Waals surface area contributed by atoms with Gasteiger partial charge in [0, 0.05) is 23.7 Å². The summed E-state index contributed by atoms with van der Waals surface area (Å²) >= 11 is 0. The minimum atomic E-state index is -0.579. The Balaban J connectivity index is 0.000000152. The minimum Gasteiger partial charge on any atom is -0.458 e. The predicted octanol–water partition coefficient (Wildman–Crippen LogP) is 4.22. The fraction of sp³-hybridized carbons (Fsp3) is 0.862. The molecule has 10 atom stereocenters. The molecule has 2 saturated heterocycles. The highest BCUT2D eigenvalue weighted by Crippen LogP contribution is 2.61. The van der Waals surface area contributed by atoms with Gasteiger partial charge in [-0.25, -0.2) is 0 Å². The van der Waals surface area contributed by atoms with E-state index in [1.54, 1.807) is 0 Å². The molecule has 6 aliphatic rings. The van der Waals surface area contributed by atoms with Gasteiger partial charge in [0.2, 0.25) is 0 Å². The van der Waals surface area contributed by atoms with Crippen LogP contribution >= 0.6 is 0 Å². The van der Waals surface area contributed by atoms with Gasteiger partial charge in [0.25, 0.3) is 0 Å². The molecule has 0 aromatic carbocycles. The van der Waals surface area contributed by atoms with E-state index < -0.39 is 16.4 Å². The Kier molecular flexibility index (Phi) is 6.23. The molecule has 0 amide bonds. The van der Waals surface area contributed by atoms with Crippen molar-refractivity contribution in [3.63, 3.8) is 0 Å². The number of carbonyl (C=O) groups is 4. The first-order valence-electron chi connectivity index (χ1n) is 14.1. The Morgan fingerprint density at radius 2 is 1.46 bits per heavy atom. The summed E-state index contributed by atoms with van der Waals surface area (Å²) in [4.78, 5) is 47.8. The van der Waals surface area contributed by atoms with Gasteiger partial charge in [0.05, 0.1) is 22.7 Å². The van der Waals surface area contributed by atoms with Crippen LogP contribution in [0.15, 0.2) is 0 Å². The number of hydrogen-bond acceptors (Lipinski definition) is 8. The van der Waals surface area contributed by atoms with Gasteiger partial charge >= 0.3 is 23.9 Å².